The number of para-hydroxylation sites is 2. The van der Waals surface area contributed by atoms with E-state index in [1.807, 2.05) is 36.5 Å². The molecule has 0 radical (unpaired) electrons. The molecule has 0 bridgehead atoms. The van der Waals surface area contributed by atoms with Crippen molar-refractivity contribution in [1.82, 2.24) is 4.57 Å². The van der Waals surface area contributed by atoms with Gasteiger partial charge in [0.1, 0.15) is 0 Å². The standard InChI is InChI=1S/C73H48N2S2.C2H6/c1-47-40-51(24-33-67(47)74(58-18-10-4-11-19-58)60-31-22-50(23-32-60)54-29-38-72-65(45-54)63-43-52(27-36-70(63)76-72)48-14-6-2-7-15-48)55-25-34-68-61(41-55)62-42-56(26-35-69(62)75(68)59-20-12-5-13-21-59)57-30-39-73-66(46-57)64-44-53(28-37-71(64)77-73)49-16-8-3-9-17-49;1-2/h2-46H,1H3;1-2H3. The maximum atomic E-state index is 2.42. The number of thiophene rings is 2. The molecule has 376 valence electrons. The summed E-state index contributed by atoms with van der Waals surface area (Å²) >= 11 is 3.73. The molecule has 0 amide bonds. The lowest BCUT2D eigenvalue weighted by Crippen LogP contribution is -2.11. The molecule has 0 aliphatic carbocycles. The fourth-order valence-corrected chi connectivity index (χ4v) is 13.8. The van der Waals surface area contributed by atoms with Gasteiger partial charge in [-0.1, -0.05) is 166 Å². The largest absolute Gasteiger partial charge is 0.310 e. The third-order valence-corrected chi connectivity index (χ3v) is 17.8. The molecule has 15 rings (SSSR count). The van der Waals surface area contributed by atoms with Crippen molar-refractivity contribution in [3.05, 3.63) is 279 Å². The molecule has 0 spiro atoms. The highest BCUT2D eigenvalue weighted by atomic mass is 32.1. The summed E-state index contributed by atoms with van der Waals surface area (Å²) in [5.41, 5.74) is 20.3. The number of fused-ring (bicyclic) bond motifs is 9. The van der Waals surface area contributed by atoms with Crippen LogP contribution in [0.3, 0.4) is 0 Å². The van der Waals surface area contributed by atoms with Crippen LogP contribution in [0.25, 0.3) is 123 Å². The molecule has 0 unspecified atom stereocenters. The molecule has 0 aliphatic heterocycles. The van der Waals surface area contributed by atoms with Gasteiger partial charge in [-0.15, -0.1) is 22.7 Å². The van der Waals surface area contributed by atoms with Crippen molar-refractivity contribution in [3.8, 4) is 61.3 Å². The summed E-state index contributed by atoms with van der Waals surface area (Å²) in [4.78, 5) is 2.39. The van der Waals surface area contributed by atoms with Gasteiger partial charge in [0.2, 0.25) is 0 Å². The molecule has 0 N–H and O–H groups in total. The van der Waals surface area contributed by atoms with Crippen LogP contribution < -0.4 is 4.90 Å². The highest BCUT2D eigenvalue weighted by Gasteiger charge is 2.19. The minimum absolute atomic E-state index is 1.11. The van der Waals surface area contributed by atoms with E-state index in [0.717, 1.165) is 22.7 Å². The lowest BCUT2D eigenvalue weighted by atomic mass is 9.97. The van der Waals surface area contributed by atoms with Gasteiger partial charge in [-0.2, -0.15) is 0 Å². The topological polar surface area (TPSA) is 8.17 Å². The lowest BCUT2D eigenvalue weighted by Gasteiger charge is -2.27. The number of hydrogen-bond acceptors (Lipinski definition) is 3. The molecule has 0 saturated carbocycles. The minimum Gasteiger partial charge on any atom is -0.310 e. The molecule has 0 atom stereocenters. The van der Waals surface area contributed by atoms with Gasteiger partial charge in [0.05, 0.1) is 11.0 Å². The quantitative estimate of drug-likeness (QED) is 0.140. The SMILES string of the molecule is CC.Cc1cc(-c2ccc3c(c2)c2cc(-c4ccc5sc6ccc(-c7ccccc7)cc6c5c4)ccc2n3-c2ccccc2)ccc1N(c1ccccc1)c1ccc(-c2ccc3sc4ccc(-c5ccccc5)cc4c3c2)cc1. The number of hydrogen-bond donors (Lipinski definition) is 0. The van der Waals surface area contributed by atoms with Gasteiger partial charge in [-0.25, -0.2) is 0 Å². The first-order valence-electron chi connectivity index (χ1n) is 27.3. The van der Waals surface area contributed by atoms with Gasteiger partial charge in [0, 0.05) is 73.9 Å². The summed E-state index contributed by atoms with van der Waals surface area (Å²) in [6.45, 7) is 6.24. The van der Waals surface area contributed by atoms with E-state index in [-0.39, 0.29) is 0 Å². The summed E-state index contributed by atoms with van der Waals surface area (Å²) < 4.78 is 7.66. The predicted octanol–water partition coefficient (Wildman–Crippen LogP) is 22.7. The highest BCUT2D eigenvalue weighted by molar-refractivity contribution is 7.26. The number of nitrogens with zero attached hydrogens (tertiary/aromatic N) is 2. The maximum Gasteiger partial charge on any atom is 0.0541 e. The number of anilines is 3. The second kappa shape index (κ2) is 20.2. The summed E-state index contributed by atoms with van der Waals surface area (Å²) in [7, 11) is 0. The van der Waals surface area contributed by atoms with Crippen molar-refractivity contribution in [1.29, 1.82) is 0 Å². The number of aromatic nitrogens is 1. The van der Waals surface area contributed by atoms with E-state index in [2.05, 4.69) is 289 Å². The van der Waals surface area contributed by atoms with Crippen LogP contribution in [0.1, 0.15) is 19.4 Å². The molecule has 0 saturated heterocycles. The number of benzene rings is 12. The Kier molecular flexibility index (Phi) is 12.3. The Bertz CT molecular complexity index is 4720. The van der Waals surface area contributed by atoms with E-state index in [1.54, 1.807) is 0 Å². The normalized spacial score (nSPS) is 11.5. The van der Waals surface area contributed by atoms with E-state index in [9.17, 15) is 0 Å². The van der Waals surface area contributed by atoms with Crippen LogP contribution in [0.15, 0.2) is 273 Å². The first-order chi connectivity index (χ1) is 39.0. The molecule has 3 aromatic heterocycles. The summed E-state index contributed by atoms with van der Waals surface area (Å²) in [5.74, 6) is 0. The minimum atomic E-state index is 1.11. The molecular formula is C75H54N2S2. The Morgan fingerprint density at radius 1 is 0.278 bits per heavy atom. The zero-order valence-corrected chi connectivity index (χ0v) is 45.8. The van der Waals surface area contributed by atoms with Crippen molar-refractivity contribution in [3.63, 3.8) is 0 Å². The third kappa shape index (κ3) is 8.67. The van der Waals surface area contributed by atoms with Crippen molar-refractivity contribution in [2.24, 2.45) is 0 Å². The average Bonchev–Trinajstić information content (AvgIpc) is 4.28. The number of aryl methyl sites for hydroxylation is 1. The fraction of sp³-hybridized carbons (Fsp3) is 0.0400. The van der Waals surface area contributed by atoms with Crippen LogP contribution in [-0.4, -0.2) is 4.57 Å². The fourth-order valence-electron chi connectivity index (χ4n) is 11.7. The first-order valence-corrected chi connectivity index (χ1v) is 28.9. The first kappa shape index (κ1) is 48.1. The summed E-state index contributed by atoms with van der Waals surface area (Å²) in [6.07, 6.45) is 0. The Hall–Kier alpha value is -9.32. The Balaban J connectivity index is 0.00000279. The Morgan fingerprint density at radius 3 is 1.03 bits per heavy atom. The van der Waals surface area contributed by atoms with E-state index in [1.165, 1.54) is 123 Å². The van der Waals surface area contributed by atoms with Gasteiger partial charge in [-0.05, 0) is 189 Å². The number of rotatable bonds is 9. The van der Waals surface area contributed by atoms with Gasteiger partial charge in [-0.3, -0.25) is 0 Å². The molecule has 12 aromatic carbocycles. The van der Waals surface area contributed by atoms with Crippen LogP contribution in [-0.2, 0) is 0 Å². The maximum absolute atomic E-state index is 2.42. The molecule has 0 fully saturated rings. The van der Waals surface area contributed by atoms with Crippen LogP contribution in [0.5, 0.6) is 0 Å². The molecule has 79 heavy (non-hydrogen) atoms. The third-order valence-electron chi connectivity index (χ3n) is 15.5. The van der Waals surface area contributed by atoms with E-state index >= 15 is 0 Å². The van der Waals surface area contributed by atoms with Crippen LogP contribution in [0.2, 0.25) is 0 Å². The van der Waals surface area contributed by atoms with Gasteiger partial charge < -0.3 is 9.47 Å². The van der Waals surface area contributed by atoms with Crippen LogP contribution in [0.4, 0.5) is 17.1 Å². The summed E-state index contributed by atoms with van der Waals surface area (Å²) in [6, 6.07) is 101. The average molecular weight is 1050 g/mol. The lowest BCUT2D eigenvalue weighted by molar-refractivity contribution is 1.18. The van der Waals surface area contributed by atoms with Gasteiger partial charge >= 0.3 is 0 Å². The van der Waals surface area contributed by atoms with Crippen molar-refractivity contribution in [2.75, 3.05) is 4.90 Å². The molecule has 15 aromatic rings. The van der Waals surface area contributed by atoms with Gasteiger partial charge in [0.15, 0.2) is 0 Å². The zero-order chi connectivity index (χ0) is 53.0. The van der Waals surface area contributed by atoms with Crippen LogP contribution in [0, 0.1) is 6.92 Å². The van der Waals surface area contributed by atoms with Crippen molar-refractivity contribution >= 4 is 102 Å². The van der Waals surface area contributed by atoms with Crippen LogP contribution >= 0.6 is 22.7 Å². The van der Waals surface area contributed by atoms with E-state index in [0.29, 0.717) is 0 Å². The zero-order valence-electron chi connectivity index (χ0n) is 44.2. The van der Waals surface area contributed by atoms with E-state index < -0.39 is 0 Å². The monoisotopic (exact) mass is 1050 g/mol. The second-order valence-electron chi connectivity index (χ2n) is 20.1. The molecule has 4 heteroatoms. The molecule has 0 aliphatic rings. The predicted molar refractivity (Wildman–Crippen MR) is 345 cm³/mol. The molecule has 3 heterocycles. The Labute approximate surface area is 469 Å². The second-order valence-corrected chi connectivity index (χ2v) is 22.3. The van der Waals surface area contributed by atoms with E-state index in [4.69, 9.17) is 0 Å². The van der Waals surface area contributed by atoms with Crippen molar-refractivity contribution in [2.45, 2.75) is 20.8 Å². The smallest absolute Gasteiger partial charge is 0.0541 e. The molecule has 2 nitrogen and oxygen atoms in total. The van der Waals surface area contributed by atoms with Gasteiger partial charge in [0.25, 0.3) is 0 Å². The highest BCUT2D eigenvalue weighted by Crippen LogP contribution is 2.44. The molecular weight excluding hydrogens is 993 g/mol. The van der Waals surface area contributed by atoms with Crippen molar-refractivity contribution < 1.29 is 0 Å². The summed E-state index contributed by atoms with van der Waals surface area (Å²) in [5, 5.41) is 7.68. The Morgan fingerprint density at radius 2 is 0.595 bits per heavy atom.